The number of nitro groups is 1. The number of imide groups is 1. The third kappa shape index (κ3) is 3.23. The van der Waals surface area contributed by atoms with Gasteiger partial charge in [0.2, 0.25) is 5.91 Å². The highest BCUT2D eigenvalue weighted by Crippen LogP contribution is 2.32. The minimum Gasteiger partial charge on any atom is -0.319 e. The number of para-hydroxylation sites is 2. The lowest BCUT2D eigenvalue weighted by molar-refractivity contribution is -0.383. The van der Waals surface area contributed by atoms with Crippen LogP contribution in [0.4, 0.5) is 21.5 Å². The number of amides is 3. The second-order valence-corrected chi connectivity index (χ2v) is 6.50. The Balaban J connectivity index is 1.50. The maximum absolute atomic E-state index is 13.1. The van der Waals surface area contributed by atoms with Crippen molar-refractivity contribution in [1.29, 1.82) is 0 Å². The molecule has 0 saturated carbocycles. The van der Waals surface area contributed by atoms with Gasteiger partial charge < -0.3 is 5.32 Å². The van der Waals surface area contributed by atoms with Crippen molar-refractivity contribution in [3.05, 3.63) is 64.5 Å². The topological polar surface area (TPSA) is 138 Å². The fourth-order valence-electron chi connectivity index (χ4n) is 3.27. The highest BCUT2D eigenvalue weighted by atomic mass is 19.1. The number of nitro benzene ring substituents is 1. The first-order valence-corrected chi connectivity index (χ1v) is 8.71. The molecule has 2 aliphatic heterocycles. The first-order valence-electron chi connectivity index (χ1n) is 8.71. The number of benzene rings is 2. The van der Waals surface area contributed by atoms with Crippen LogP contribution in [0.15, 0.2) is 58.9 Å². The molecule has 0 aromatic heterocycles. The van der Waals surface area contributed by atoms with Gasteiger partial charge in [-0.15, -0.1) is 0 Å². The van der Waals surface area contributed by atoms with E-state index in [4.69, 9.17) is 0 Å². The van der Waals surface area contributed by atoms with E-state index in [1.165, 1.54) is 36.4 Å². The molecule has 2 heterocycles. The molecule has 30 heavy (non-hydrogen) atoms. The number of nitrogens with one attached hydrogen (secondary N) is 1. The standard InChI is InChI=1S/C18H13FN6O5/c19-10-5-7-11(8-6-10)24-17(27)15-16(18(24)28)23(22-21-15)9-14(26)20-12-3-1-2-4-13(12)25(29)30/h1-8,15-16H,9H2,(H,20,26)/t15-,16+/m0/s1. The van der Waals surface area contributed by atoms with Gasteiger partial charge in [-0.2, -0.15) is 5.11 Å². The number of fused-ring (bicyclic) bond motifs is 1. The predicted molar refractivity (Wildman–Crippen MR) is 99.8 cm³/mol. The third-order valence-electron chi connectivity index (χ3n) is 4.62. The fourth-order valence-corrected chi connectivity index (χ4v) is 3.27. The predicted octanol–water partition coefficient (Wildman–Crippen LogP) is 1.67. The van der Waals surface area contributed by atoms with E-state index in [-0.39, 0.29) is 17.1 Å². The summed E-state index contributed by atoms with van der Waals surface area (Å²) in [6.07, 6.45) is 0. The molecular weight excluding hydrogens is 399 g/mol. The van der Waals surface area contributed by atoms with Crippen molar-refractivity contribution in [3.8, 4) is 0 Å². The number of hydrogen-bond donors (Lipinski definition) is 1. The van der Waals surface area contributed by atoms with E-state index in [1.807, 2.05) is 0 Å². The van der Waals surface area contributed by atoms with Crippen LogP contribution in [0, 0.1) is 15.9 Å². The van der Waals surface area contributed by atoms with E-state index in [2.05, 4.69) is 15.7 Å². The molecule has 4 rings (SSSR count). The molecule has 1 N–H and O–H groups in total. The Hall–Kier alpha value is -4.22. The summed E-state index contributed by atoms with van der Waals surface area (Å²) >= 11 is 0. The van der Waals surface area contributed by atoms with Gasteiger partial charge in [-0.05, 0) is 30.3 Å². The minimum absolute atomic E-state index is 0.0121. The molecule has 2 aromatic rings. The van der Waals surface area contributed by atoms with Crippen LogP contribution in [-0.2, 0) is 14.4 Å². The molecule has 0 aliphatic carbocycles. The molecular formula is C18H13FN6O5. The van der Waals surface area contributed by atoms with E-state index in [1.54, 1.807) is 0 Å². The smallest absolute Gasteiger partial charge is 0.292 e. The molecule has 2 aliphatic rings. The Labute approximate surface area is 167 Å². The lowest BCUT2D eigenvalue weighted by Gasteiger charge is -2.20. The number of carbonyl (C=O) groups excluding carboxylic acids is 3. The number of halogens is 1. The third-order valence-corrected chi connectivity index (χ3v) is 4.62. The zero-order valence-electron chi connectivity index (χ0n) is 15.1. The van der Waals surface area contributed by atoms with Crippen LogP contribution < -0.4 is 10.2 Å². The van der Waals surface area contributed by atoms with Crippen LogP contribution in [0.25, 0.3) is 0 Å². The first kappa shape index (κ1) is 19.1. The van der Waals surface area contributed by atoms with Gasteiger partial charge in [0.05, 0.1) is 10.6 Å². The zero-order chi connectivity index (χ0) is 21.4. The van der Waals surface area contributed by atoms with Crippen LogP contribution in [0.5, 0.6) is 0 Å². The monoisotopic (exact) mass is 412 g/mol. The van der Waals surface area contributed by atoms with Crippen molar-refractivity contribution in [3.63, 3.8) is 0 Å². The van der Waals surface area contributed by atoms with Gasteiger partial charge in [-0.25, -0.2) is 9.29 Å². The summed E-state index contributed by atoms with van der Waals surface area (Å²) in [6, 6.07) is 8.14. The maximum atomic E-state index is 13.1. The second kappa shape index (κ2) is 7.31. The van der Waals surface area contributed by atoms with Crippen LogP contribution in [0.1, 0.15) is 0 Å². The minimum atomic E-state index is -1.13. The molecule has 2 atom stereocenters. The van der Waals surface area contributed by atoms with E-state index in [9.17, 15) is 28.9 Å². The van der Waals surface area contributed by atoms with Gasteiger partial charge in [0.15, 0.2) is 12.1 Å². The van der Waals surface area contributed by atoms with Crippen molar-refractivity contribution in [2.75, 3.05) is 16.8 Å². The van der Waals surface area contributed by atoms with Gasteiger partial charge in [0.25, 0.3) is 17.5 Å². The van der Waals surface area contributed by atoms with Crippen LogP contribution >= 0.6 is 0 Å². The Morgan fingerprint density at radius 3 is 2.53 bits per heavy atom. The van der Waals surface area contributed by atoms with E-state index in [0.717, 1.165) is 22.0 Å². The summed E-state index contributed by atoms with van der Waals surface area (Å²) in [5, 5.41) is 22.0. The Morgan fingerprint density at radius 2 is 1.83 bits per heavy atom. The van der Waals surface area contributed by atoms with Gasteiger partial charge in [0, 0.05) is 6.07 Å². The van der Waals surface area contributed by atoms with Crippen LogP contribution in [0.2, 0.25) is 0 Å². The Bertz CT molecular complexity index is 1090. The highest BCUT2D eigenvalue weighted by Gasteiger charge is 2.55. The Morgan fingerprint density at radius 1 is 1.13 bits per heavy atom. The quantitative estimate of drug-likeness (QED) is 0.450. The first-order chi connectivity index (χ1) is 14.4. The summed E-state index contributed by atoms with van der Waals surface area (Å²) in [5.74, 6) is -2.49. The highest BCUT2D eigenvalue weighted by molar-refractivity contribution is 6.25. The second-order valence-electron chi connectivity index (χ2n) is 6.50. The van der Waals surface area contributed by atoms with E-state index < -0.39 is 47.1 Å². The molecule has 0 bridgehead atoms. The van der Waals surface area contributed by atoms with Gasteiger partial charge in [-0.3, -0.25) is 29.5 Å². The normalized spacial score (nSPS) is 19.9. The number of anilines is 2. The number of rotatable bonds is 5. The van der Waals surface area contributed by atoms with Crippen molar-refractivity contribution < 1.29 is 23.7 Å². The lowest BCUT2D eigenvalue weighted by Crippen LogP contribution is -2.43. The molecule has 2 aromatic carbocycles. The molecule has 0 radical (unpaired) electrons. The molecule has 1 saturated heterocycles. The summed E-state index contributed by atoms with van der Waals surface area (Å²) in [7, 11) is 0. The number of nitrogens with zero attached hydrogens (tertiary/aromatic N) is 5. The summed E-state index contributed by atoms with van der Waals surface area (Å²) in [5.41, 5.74) is -0.122. The van der Waals surface area contributed by atoms with E-state index in [0.29, 0.717) is 0 Å². The summed E-state index contributed by atoms with van der Waals surface area (Å²) in [6.45, 7) is -0.451. The van der Waals surface area contributed by atoms with Crippen molar-refractivity contribution in [2.24, 2.45) is 10.3 Å². The zero-order valence-corrected chi connectivity index (χ0v) is 15.1. The molecule has 3 amide bonds. The van der Waals surface area contributed by atoms with E-state index >= 15 is 0 Å². The average Bonchev–Trinajstić information content (AvgIpc) is 3.23. The van der Waals surface area contributed by atoms with Crippen molar-refractivity contribution in [1.82, 2.24) is 5.01 Å². The average molecular weight is 412 g/mol. The number of carbonyl (C=O) groups is 3. The fraction of sp³-hybridized carbons (Fsp3) is 0.167. The molecule has 11 nitrogen and oxygen atoms in total. The maximum Gasteiger partial charge on any atom is 0.292 e. The molecule has 12 heteroatoms. The van der Waals surface area contributed by atoms with Gasteiger partial charge in [0.1, 0.15) is 18.0 Å². The molecule has 0 spiro atoms. The molecule has 152 valence electrons. The molecule has 1 fully saturated rings. The Kier molecular flexibility index (Phi) is 4.66. The summed E-state index contributed by atoms with van der Waals surface area (Å²) < 4.78 is 13.1. The summed E-state index contributed by atoms with van der Waals surface area (Å²) in [4.78, 5) is 49.1. The van der Waals surface area contributed by atoms with Gasteiger partial charge >= 0.3 is 0 Å². The SMILES string of the molecule is O=C(CN1N=N[C@@H]2C(=O)N(c3ccc(F)cc3)C(=O)[C@@H]21)Nc1ccccc1[N+](=O)[O-]. The van der Waals surface area contributed by atoms with Crippen LogP contribution in [-0.4, -0.2) is 46.3 Å². The number of hydrogen-bond acceptors (Lipinski definition) is 8. The lowest BCUT2D eigenvalue weighted by atomic mass is 10.1. The van der Waals surface area contributed by atoms with Crippen molar-refractivity contribution in [2.45, 2.75) is 12.1 Å². The van der Waals surface area contributed by atoms with Crippen molar-refractivity contribution >= 4 is 34.8 Å². The largest absolute Gasteiger partial charge is 0.319 e. The van der Waals surface area contributed by atoms with Gasteiger partial charge in [-0.1, -0.05) is 17.4 Å². The molecule has 0 unspecified atom stereocenters. The van der Waals surface area contributed by atoms with Crippen LogP contribution in [0.3, 0.4) is 0 Å².